The van der Waals surface area contributed by atoms with Gasteiger partial charge in [0.1, 0.15) is 0 Å². The van der Waals surface area contributed by atoms with Crippen LogP contribution in [0.15, 0.2) is 29.9 Å². The summed E-state index contributed by atoms with van der Waals surface area (Å²) < 4.78 is 0. The van der Waals surface area contributed by atoms with Crippen molar-refractivity contribution < 1.29 is 4.79 Å². The number of carbonyl (C=O) groups is 1. The van der Waals surface area contributed by atoms with Crippen LogP contribution in [0.1, 0.15) is 26.4 Å². The van der Waals surface area contributed by atoms with Crippen LogP contribution in [0.25, 0.3) is 0 Å². The zero-order valence-corrected chi connectivity index (χ0v) is 11.3. The molecule has 4 nitrogen and oxygen atoms in total. The number of fused-ring (bicyclic) bond motifs is 1. The summed E-state index contributed by atoms with van der Waals surface area (Å²) >= 11 is 1.55. The second-order valence-corrected chi connectivity index (χ2v) is 5.53. The SMILES string of the molecule is O=C(NCc1cncs1)c1ccc2c(c1)CNCC2. The van der Waals surface area contributed by atoms with Gasteiger partial charge in [-0.1, -0.05) is 6.07 Å². The molecule has 0 bridgehead atoms. The van der Waals surface area contributed by atoms with E-state index in [1.807, 2.05) is 12.1 Å². The Morgan fingerprint density at radius 2 is 2.37 bits per heavy atom. The Balaban J connectivity index is 1.69. The van der Waals surface area contributed by atoms with Crippen molar-refractivity contribution in [3.63, 3.8) is 0 Å². The lowest BCUT2D eigenvalue weighted by Gasteiger charge is -2.17. The number of benzene rings is 1. The highest BCUT2D eigenvalue weighted by Crippen LogP contribution is 2.16. The summed E-state index contributed by atoms with van der Waals surface area (Å²) in [4.78, 5) is 17.1. The van der Waals surface area contributed by atoms with Crippen molar-refractivity contribution in [2.75, 3.05) is 6.54 Å². The first-order chi connectivity index (χ1) is 9.33. The fourth-order valence-corrected chi connectivity index (χ4v) is 2.75. The van der Waals surface area contributed by atoms with Crippen LogP contribution in [0.2, 0.25) is 0 Å². The third-order valence-corrected chi connectivity index (χ3v) is 4.04. The van der Waals surface area contributed by atoms with Gasteiger partial charge in [-0.05, 0) is 36.2 Å². The molecule has 1 aliphatic heterocycles. The fraction of sp³-hybridized carbons (Fsp3) is 0.286. The molecule has 2 aromatic rings. The van der Waals surface area contributed by atoms with Crippen molar-refractivity contribution >= 4 is 17.2 Å². The summed E-state index contributed by atoms with van der Waals surface area (Å²) in [5, 5.41) is 6.24. The zero-order chi connectivity index (χ0) is 13.1. The lowest BCUT2D eigenvalue weighted by Crippen LogP contribution is -2.26. The predicted octanol–water partition coefficient (Wildman–Crippen LogP) is 1.72. The van der Waals surface area contributed by atoms with E-state index in [0.29, 0.717) is 6.54 Å². The van der Waals surface area contributed by atoms with E-state index in [-0.39, 0.29) is 5.91 Å². The van der Waals surface area contributed by atoms with Crippen LogP contribution in [0.5, 0.6) is 0 Å². The van der Waals surface area contributed by atoms with Gasteiger partial charge < -0.3 is 10.6 Å². The van der Waals surface area contributed by atoms with Gasteiger partial charge in [-0.25, -0.2) is 0 Å². The first-order valence-electron chi connectivity index (χ1n) is 6.31. The number of nitrogens with one attached hydrogen (secondary N) is 2. The minimum absolute atomic E-state index is 0.0261. The van der Waals surface area contributed by atoms with Crippen LogP contribution < -0.4 is 10.6 Å². The smallest absolute Gasteiger partial charge is 0.251 e. The van der Waals surface area contributed by atoms with Gasteiger partial charge in [-0.15, -0.1) is 11.3 Å². The third-order valence-electron chi connectivity index (χ3n) is 3.26. The molecule has 98 valence electrons. The highest BCUT2D eigenvalue weighted by Gasteiger charge is 2.12. The summed E-state index contributed by atoms with van der Waals surface area (Å²) in [6.45, 7) is 2.41. The molecule has 0 spiro atoms. The molecule has 0 saturated carbocycles. The lowest BCUT2D eigenvalue weighted by molar-refractivity contribution is 0.0951. The second kappa shape index (κ2) is 5.50. The van der Waals surface area contributed by atoms with E-state index in [9.17, 15) is 4.79 Å². The van der Waals surface area contributed by atoms with Gasteiger partial charge in [-0.3, -0.25) is 9.78 Å². The van der Waals surface area contributed by atoms with E-state index in [2.05, 4.69) is 21.7 Å². The van der Waals surface area contributed by atoms with Crippen molar-refractivity contribution in [2.45, 2.75) is 19.5 Å². The van der Waals surface area contributed by atoms with Crippen molar-refractivity contribution in [1.82, 2.24) is 15.6 Å². The number of hydrogen-bond acceptors (Lipinski definition) is 4. The normalized spacial score (nSPS) is 13.9. The zero-order valence-electron chi connectivity index (χ0n) is 10.5. The Bertz CT molecular complexity index is 580. The van der Waals surface area contributed by atoms with Gasteiger partial charge in [-0.2, -0.15) is 0 Å². The fourth-order valence-electron chi connectivity index (χ4n) is 2.22. The maximum absolute atomic E-state index is 12.1. The molecule has 0 radical (unpaired) electrons. The maximum atomic E-state index is 12.1. The summed E-state index contributed by atoms with van der Waals surface area (Å²) in [6.07, 6.45) is 2.82. The molecule has 0 unspecified atom stereocenters. The third kappa shape index (κ3) is 2.83. The average Bonchev–Trinajstić information content (AvgIpc) is 2.97. The summed E-state index contributed by atoms with van der Waals surface area (Å²) in [5.41, 5.74) is 5.08. The van der Waals surface area contributed by atoms with Crippen LogP contribution >= 0.6 is 11.3 Å². The minimum Gasteiger partial charge on any atom is -0.347 e. The molecule has 0 saturated heterocycles. The number of hydrogen-bond donors (Lipinski definition) is 2. The quantitative estimate of drug-likeness (QED) is 0.895. The standard InChI is InChI=1S/C14H15N3OS/c18-14(17-8-13-7-16-9-19-13)11-2-1-10-3-4-15-6-12(10)5-11/h1-2,5,7,9,15H,3-4,6,8H2,(H,17,18). The molecule has 1 aliphatic rings. The molecule has 2 N–H and O–H groups in total. The molecule has 2 heterocycles. The number of carbonyl (C=O) groups excluding carboxylic acids is 1. The molecule has 5 heteroatoms. The molecule has 1 amide bonds. The van der Waals surface area contributed by atoms with Gasteiger partial charge >= 0.3 is 0 Å². The number of amides is 1. The Morgan fingerprint density at radius 3 is 3.21 bits per heavy atom. The molecule has 0 fully saturated rings. The van der Waals surface area contributed by atoms with Gasteiger partial charge in [0.05, 0.1) is 12.1 Å². The minimum atomic E-state index is -0.0261. The van der Waals surface area contributed by atoms with Gasteiger partial charge in [0.15, 0.2) is 0 Å². The van der Waals surface area contributed by atoms with Crippen LogP contribution in [0, 0.1) is 0 Å². The number of aromatic nitrogens is 1. The molecule has 1 aromatic heterocycles. The van der Waals surface area contributed by atoms with Crippen LogP contribution in [-0.4, -0.2) is 17.4 Å². The first kappa shape index (κ1) is 12.3. The van der Waals surface area contributed by atoms with Crippen molar-refractivity contribution in [1.29, 1.82) is 0 Å². The molecule has 3 rings (SSSR count). The predicted molar refractivity (Wildman–Crippen MR) is 75.1 cm³/mol. The van der Waals surface area contributed by atoms with Crippen molar-refractivity contribution in [2.24, 2.45) is 0 Å². The van der Waals surface area contributed by atoms with Gasteiger partial charge in [0.2, 0.25) is 0 Å². The number of rotatable bonds is 3. The maximum Gasteiger partial charge on any atom is 0.251 e. The molecule has 19 heavy (non-hydrogen) atoms. The van der Waals surface area contributed by atoms with Crippen molar-refractivity contribution in [3.05, 3.63) is 51.5 Å². The largest absolute Gasteiger partial charge is 0.347 e. The van der Waals surface area contributed by atoms with E-state index < -0.39 is 0 Å². The second-order valence-electron chi connectivity index (χ2n) is 4.56. The number of nitrogens with zero attached hydrogens (tertiary/aromatic N) is 1. The van der Waals surface area contributed by atoms with E-state index in [4.69, 9.17) is 0 Å². The van der Waals surface area contributed by atoms with Gasteiger partial charge in [0.25, 0.3) is 5.91 Å². The lowest BCUT2D eigenvalue weighted by atomic mass is 9.98. The summed E-state index contributed by atoms with van der Waals surface area (Å²) in [6, 6.07) is 5.97. The van der Waals surface area contributed by atoms with E-state index in [1.54, 1.807) is 23.0 Å². The average molecular weight is 273 g/mol. The van der Waals surface area contributed by atoms with Crippen molar-refractivity contribution in [3.8, 4) is 0 Å². The Hall–Kier alpha value is -1.72. The molecular weight excluding hydrogens is 258 g/mol. The highest BCUT2D eigenvalue weighted by molar-refractivity contribution is 7.09. The first-order valence-corrected chi connectivity index (χ1v) is 7.19. The molecule has 0 atom stereocenters. The van der Waals surface area contributed by atoms with E-state index in [0.717, 1.165) is 30.0 Å². The van der Waals surface area contributed by atoms with E-state index >= 15 is 0 Å². The Labute approximate surface area is 115 Å². The summed E-state index contributed by atoms with van der Waals surface area (Å²) in [7, 11) is 0. The topological polar surface area (TPSA) is 54.0 Å². The molecule has 0 aliphatic carbocycles. The summed E-state index contributed by atoms with van der Waals surface area (Å²) in [5.74, 6) is -0.0261. The van der Waals surface area contributed by atoms with Crippen LogP contribution in [0.3, 0.4) is 0 Å². The highest BCUT2D eigenvalue weighted by atomic mass is 32.1. The van der Waals surface area contributed by atoms with Crippen LogP contribution in [-0.2, 0) is 19.5 Å². The van der Waals surface area contributed by atoms with E-state index in [1.165, 1.54) is 11.1 Å². The Kier molecular flexibility index (Phi) is 3.57. The molecule has 1 aromatic carbocycles. The molecular formula is C14H15N3OS. The monoisotopic (exact) mass is 273 g/mol. The Morgan fingerprint density at radius 1 is 1.42 bits per heavy atom. The number of thiazole rings is 1. The van der Waals surface area contributed by atoms with Gasteiger partial charge in [0, 0.05) is 23.2 Å². The van der Waals surface area contributed by atoms with Crippen LogP contribution in [0.4, 0.5) is 0 Å².